The number of carboxylic acid groups (broad SMARTS) is 2. The number of carbonyl (C=O) groups is 2. The van der Waals surface area contributed by atoms with Crippen LogP contribution in [-0.4, -0.2) is 17.0 Å². The van der Waals surface area contributed by atoms with E-state index in [9.17, 15) is 14.7 Å². The molecule has 0 amide bonds. The molecule has 1 aliphatic rings. The van der Waals surface area contributed by atoms with Crippen molar-refractivity contribution < 1.29 is 49.4 Å². The Balaban J connectivity index is 0.00000144. The molecule has 1 N–H and O–H groups in total. The standard InChI is InChI=1S/C8H12O4.Na/c1-8(2)4(3-5(9)10)6(8)7(11)12;/h4,6H,3H2,1-2H3,(H,9,10)(H,11,12);/q;+1/p-1. The zero-order valence-corrected chi connectivity index (χ0v) is 10.0. The van der Waals surface area contributed by atoms with Gasteiger partial charge in [0.2, 0.25) is 0 Å². The van der Waals surface area contributed by atoms with Crippen LogP contribution in [0, 0.1) is 17.3 Å². The zero-order valence-electron chi connectivity index (χ0n) is 8.03. The van der Waals surface area contributed by atoms with E-state index in [4.69, 9.17) is 5.11 Å². The van der Waals surface area contributed by atoms with Gasteiger partial charge in [-0.2, -0.15) is 0 Å². The first-order valence-corrected chi connectivity index (χ1v) is 3.80. The van der Waals surface area contributed by atoms with Crippen molar-refractivity contribution in [2.45, 2.75) is 20.3 Å². The molecule has 0 radical (unpaired) electrons. The summed E-state index contributed by atoms with van der Waals surface area (Å²) in [5.41, 5.74) is -0.406. The number of carboxylic acids is 2. The summed E-state index contributed by atoms with van der Waals surface area (Å²) in [4.78, 5) is 20.8. The summed E-state index contributed by atoms with van der Waals surface area (Å²) < 4.78 is 0. The van der Waals surface area contributed by atoms with Crippen molar-refractivity contribution in [1.82, 2.24) is 0 Å². The van der Waals surface area contributed by atoms with E-state index in [2.05, 4.69) is 0 Å². The van der Waals surface area contributed by atoms with Gasteiger partial charge in [-0.05, 0) is 11.3 Å². The van der Waals surface area contributed by atoms with Crippen molar-refractivity contribution in [2.75, 3.05) is 0 Å². The minimum atomic E-state index is -1.13. The Morgan fingerprint density at radius 3 is 2.15 bits per heavy atom. The van der Waals surface area contributed by atoms with Gasteiger partial charge in [-0.25, -0.2) is 0 Å². The molecule has 0 saturated heterocycles. The van der Waals surface area contributed by atoms with Gasteiger partial charge in [-0.1, -0.05) is 13.8 Å². The minimum absolute atomic E-state index is 0. The van der Waals surface area contributed by atoms with Crippen molar-refractivity contribution in [2.24, 2.45) is 17.3 Å². The Kier molecular flexibility index (Phi) is 3.97. The van der Waals surface area contributed by atoms with Crippen LogP contribution in [0.15, 0.2) is 0 Å². The monoisotopic (exact) mass is 194 g/mol. The van der Waals surface area contributed by atoms with Gasteiger partial charge in [0.25, 0.3) is 0 Å². The maximum absolute atomic E-state index is 10.5. The molecule has 4 nitrogen and oxygen atoms in total. The van der Waals surface area contributed by atoms with Crippen molar-refractivity contribution in [1.29, 1.82) is 0 Å². The summed E-state index contributed by atoms with van der Waals surface area (Å²) in [6, 6.07) is 0. The Hall–Kier alpha value is -0.0600. The number of hydrogen-bond donors (Lipinski definition) is 1. The van der Waals surface area contributed by atoms with E-state index in [1.54, 1.807) is 13.8 Å². The van der Waals surface area contributed by atoms with Gasteiger partial charge in [0.15, 0.2) is 0 Å². The maximum atomic E-state index is 10.5. The second-order valence-electron chi connectivity index (χ2n) is 3.82. The van der Waals surface area contributed by atoms with Gasteiger partial charge >= 0.3 is 35.5 Å². The van der Waals surface area contributed by atoms with E-state index in [0.29, 0.717) is 0 Å². The first kappa shape index (κ1) is 12.9. The number of hydrogen-bond acceptors (Lipinski definition) is 3. The number of rotatable bonds is 3. The quantitative estimate of drug-likeness (QED) is 0.473. The third-order valence-electron chi connectivity index (χ3n) is 2.70. The van der Waals surface area contributed by atoms with Gasteiger partial charge in [-0.15, -0.1) is 0 Å². The smallest absolute Gasteiger partial charge is 0.550 e. The molecule has 0 aromatic heterocycles. The fraction of sp³-hybridized carbons (Fsp3) is 0.750. The Bertz CT molecular complexity index is 236. The van der Waals surface area contributed by atoms with Gasteiger partial charge in [0, 0.05) is 18.3 Å². The topological polar surface area (TPSA) is 77.4 Å². The molecule has 1 rings (SSSR count). The van der Waals surface area contributed by atoms with E-state index in [-0.39, 0.29) is 41.9 Å². The summed E-state index contributed by atoms with van der Waals surface area (Å²) in [7, 11) is 0. The molecule has 0 aliphatic heterocycles. The average molecular weight is 194 g/mol. The van der Waals surface area contributed by atoms with E-state index < -0.39 is 23.3 Å². The molecular weight excluding hydrogens is 183 g/mol. The second-order valence-corrected chi connectivity index (χ2v) is 3.82. The normalized spacial score (nSPS) is 28.8. The molecule has 2 unspecified atom stereocenters. The summed E-state index contributed by atoms with van der Waals surface area (Å²) in [5, 5.41) is 18.9. The van der Waals surface area contributed by atoms with Gasteiger partial charge in [-0.3, -0.25) is 4.79 Å². The fourth-order valence-corrected chi connectivity index (χ4v) is 1.78. The van der Waals surface area contributed by atoms with Crippen LogP contribution in [0.4, 0.5) is 0 Å². The van der Waals surface area contributed by atoms with E-state index >= 15 is 0 Å². The molecule has 68 valence electrons. The number of aliphatic carboxylic acids is 2. The van der Waals surface area contributed by atoms with E-state index in [0.717, 1.165) is 0 Å². The minimum Gasteiger partial charge on any atom is -0.550 e. The van der Waals surface area contributed by atoms with Crippen LogP contribution in [0.3, 0.4) is 0 Å². The third-order valence-corrected chi connectivity index (χ3v) is 2.70. The molecule has 0 heterocycles. The third kappa shape index (κ3) is 2.45. The summed E-state index contributed by atoms with van der Waals surface area (Å²) in [6.45, 7) is 3.50. The molecule has 13 heavy (non-hydrogen) atoms. The zero-order chi connectivity index (χ0) is 9.52. The van der Waals surface area contributed by atoms with Gasteiger partial charge < -0.3 is 15.0 Å². The van der Waals surface area contributed by atoms with Crippen molar-refractivity contribution in [3.63, 3.8) is 0 Å². The van der Waals surface area contributed by atoms with E-state index in [1.807, 2.05) is 0 Å². The fourth-order valence-electron chi connectivity index (χ4n) is 1.78. The number of carbonyl (C=O) groups excluding carboxylic acids is 1. The maximum Gasteiger partial charge on any atom is 1.00 e. The molecule has 0 aromatic carbocycles. The largest absolute Gasteiger partial charge is 1.00 e. The summed E-state index contributed by atoms with van der Waals surface area (Å²) >= 11 is 0. The second kappa shape index (κ2) is 3.98. The molecule has 1 aliphatic carbocycles. The molecule has 0 bridgehead atoms. The van der Waals surface area contributed by atoms with Crippen molar-refractivity contribution >= 4 is 11.9 Å². The Labute approximate surface area is 98.6 Å². The van der Waals surface area contributed by atoms with Gasteiger partial charge in [0.05, 0.1) is 0 Å². The molecule has 1 fully saturated rings. The first-order valence-electron chi connectivity index (χ1n) is 3.80. The van der Waals surface area contributed by atoms with Crippen LogP contribution in [0.5, 0.6) is 0 Å². The van der Waals surface area contributed by atoms with Crippen LogP contribution < -0.4 is 34.7 Å². The molecular formula is C8H11NaO4. The predicted octanol–water partition coefficient (Wildman–Crippen LogP) is -3.51. The van der Waals surface area contributed by atoms with Crippen molar-refractivity contribution in [3.8, 4) is 0 Å². The molecule has 5 heteroatoms. The molecule has 2 atom stereocenters. The van der Waals surface area contributed by atoms with Crippen LogP contribution in [0.25, 0.3) is 0 Å². The van der Waals surface area contributed by atoms with Crippen molar-refractivity contribution in [3.05, 3.63) is 0 Å². The van der Waals surface area contributed by atoms with Crippen LogP contribution in [0.1, 0.15) is 20.3 Å². The van der Waals surface area contributed by atoms with Crippen LogP contribution in [-0.2, 0) is 9.59 Å². The van der Waals surface area contributed by atoms with Gasteiger partial charge in [0.1, 0.15) is 0 Å². The van der Waals surface area contributed by atoms with Crippen LogP contribution in [0.2, 0.25) is 0 Å². The SMILES string of the molecule is CC1(C)C(CC(=O)O)C1C(=O)[O-].[Na+]. The summed E-state index contributed by atoms with van der Waals surface area (Å²) in [6.07, 6.45) is -0.0777. The molecule has 0 aromatic rings. The molecule has 0 spiro atoms. The Morgan fingerprint density at radius 1 is 1.46 bits per heavy atom. The van der Waals surface area contributed by atoms with Crippen LogP contribution >= 0.6 is 0 Å². The first-order chi connectivity index (χ1) is 5.37. The van der Waals surface area contributed by atoms with E-state index in [1.165, 1.54) is 0 Å². The average Bonchev–Trinajstić information content (AvgIpc) is 2.32. The Morgan fingerprint density at radius 2 is 1.92 bits per heavy atom. The molecule has 1 saturated carbocycles. The predicted molar refractivity (Wildman–Crippen MR) is 38.0 cm³/mol. The summed E-state index contributed by atoms with van der Waals surface area (Å²) in [5.74, 6) is -2.93.